The van der Waals surface area contributed by atoms with Crippen LogP contribution < -0.4 is 10.1 Å². The summed E-state index contributed by atoms with van der Waals surface area (Å²) in [5.74, 6) is 0.626. The van der Waals surface area contributed by atoms with Crippen LogP contribution in [0.15, 0.2) is 30.5 Å². The number of carbonyl (C=O) groups is 1. The molecule has 1 aromatic carbocycles. The number of aliphatic hydroxyl groups excluding tert-OH is 1. The number of aliphatic hydroxyl groups is 1. The maximum atomic E-state index is 11.9. The molecule has 6 heteroatoms. The Morgan fingerprint density at radius 1 is 1.30 bits per heavy atom. The predicted octanol–water partition coefficient (Wildman–Crippen LogP) is 1.69. The summed E-state index contributed by atoms with van der Waals surface area (Å²) in [6.45, 7) is 5.44. The first-order chi connectivity index (χ1) is 11.1. The lowest BCUT2D eigenvalue weighted by Crippen LogP contribution is -2.28. The second-order valence-corrected chi connectivity index (χ2v) is 5.37. The lowest BCUT2D eigenvalue weighted by molar-refractivity contribution is 0.0933. The SMILES string of the molecule is Cc1ccc(OCCCn2nccc2C(=O)NCCO)cc1C. The average molecular weight is 317 g/mol. The van der Waals surface area contributed by atoms with Crippen LogP contribution in [0.3, 0.4) is 0 Å². The van der Waals surface area contributed by atoms with Crippen molar-refractivity contribution in [2.45, 2.75) is 26.8 Å². The molecule has 2 aromatic rings. The summed E-state index contributed by atoms with van der Waals surface area (Å²) < 4.78 is 7.38. The van der Waals surface area contributed by atoms with Crippen LogP contribution in [0.1, 0.15) is 28.0 Å². The van der Waals surface area contributed by atoms with E-state index in [0.29, 0.717) is 18.8 Å². The Balaban J connectivity index is 1.81. The van der Waals surface area contributed by atoms with E-state index in [0.717, 1.165) is 12.2 Å². The van der Waals surface area contributed by atoms with Gasteiger partial charge in [-0.2, -0.15) is 5.10 Å². The first kappa shape index (κ1) is 17.0. The van der Waals surface area contributed by atoms with Gasteiger partial charge in [-0.05, 0) is 43.2 Å². The fourth-order valence-corrected chi connectivity index (χ4v) is 2.17. The number of ether oxygens (including phenoxy) is 1. The number of carbonyl (C=O) groups excluding carboxylic acids is 1. The van der Waals surface area contributed by atoms with Gasteiger partial charge >= 0.3 is 0 Å². The number of aromatic nitrogens is 2. The van der Waals surface area contributed by atoms with Gasteiger partial charge in [-0.25, -0.2) is 0 Å². The third-order valence-corrected chi connectivity index (χ3v) is 3.61. The number of amides is 1. The molecule has 23 heavy (non-hydrogen) atoms. The summed E-state index contributed by atoms with van der Waals surface area (Å²) >= 11 is 0. The zero-order valence-corrected chi connectivity index (χ0v) is 13.6. The van der Waals surface area contributed by atoms with Gasteiger partial charge < -0.3 is 15.2 Å². The van der Waals surface area contributed by atoms with Gasteiger partial charge in [0.1, 0.15) is 11.4 Å². The van der Waals surface area contributed by atoms with Gasteiger partial charge in [0.25, 0.3) is 5.91 Å². The molecule has 0 fully saturated rings. The highest BCUT2D eigenvalue weighted by Gasteiger charge is 2.11. The average Bonchev–Trinajstić information content (AvgIpc) is 3.01. The van der Waals surface area contributed by atoms with Crippen molar-refractivity contribution < 1.29 is 14.6 Å². The van der Waals surface area contributed by atoms with E-state index < -0.39 is 0 Å². The zero-order valence-electron chi connectivity index (χ0n) is 13.6. The fraction of sp³-hybridized carbons (Fsp3) is 0.412. The Morgan fingerprint density at radius 3 is 2.87 bits per heavy atom. The van der Waals surface area contributed by atoms with Crippen LogP contribution in [-0.4, -0.2) is 40.6 Å². The third-order valence-electron chi connectivity index (χ3n) is 3.61. The van der Waals surface area contributed by atoms with Gasteiger partial charge in [-0.15, -0.1) is 0 Å². The van der Waals surface area contributed by atoms with Gasteiger partial charge in [0.05, 0.1) is 13.2 Å². The molecule has 124 valence electrons. The van der Waals surface area contributed by atoms with Gasteiger partial charge in [-0.3, -0.25) is 9.48 Å². The highest BCUT2D eigenvalue weighted by molar-refractivity contribution is 5.92. The van der Waals surface area contributed by atoms with Gasteiger partial charge in [0, 0.05) is 25.7 Å². The van der Waals surface area contributed by atoms with Crippen molar-refractivity contribution in [3.63, 3.8) is 0 Å². The molecule has 0 aliphatic rings. The van der Waals surface area contributed by atoms with Crippen LogP contribution in [-0.2, 0) is 6.54 Å². The van der Waals surface area contributed by atoms with Crippen molar-refractivity contribution in [2.75, 3.05) is 19.8 Å². The first-order valence-electron chi connectivity index (χ1n) is 7.72. The number of nitrogens with one attached hydrogen (secondary N) is 1. The van der Waals surface area contributed by atoms with E-state index in [1.54, 1.807) is 16.9 Å². The van der Waals surface area contributed by atoms with Crippen LogP contribution in [0.5, 0.6) is 5.75 Å². The van der Waals surface area contributed by atoms with E-state index in [2.05, 4.69) is 24.3 Å². The number of hydrogen-bond acceptors (Lipinski definition) is 4. The smallest absolute Gasteiger partial charge is 0.269 e. The molecule has 6 nitrogen and oxygen atoms in total. The van der Waals surface area contributed by atoms with Gasteiger partial charge in [0.2, 0.25) is 0 Å². The molecule has 0 saturated carbocycles. The summed E-state index contributed by atoms with van der Waals surface area (Å²) in [6.07, 6.45) is 2.34. The summed E-state index contributed by atoms with van der Waals surface area (Å²) in [4.78, 5) is 11.9. The van der Waals surface area contributed by atoms with Crippen molar-refractivity contribution in [1.82, 2.24) is 15.1 Å². The van der Waals surface area contributed by atoms with Crippen LogP contribution in [0.25, 0.3) is 0 Å². The van der Waals surface area contributed by atoms with E-state index in [4.69, 9.17) is 9.84 Å². The zero-order chi connectivity index (χ0) is 16.7. The van der Waals surface area contributed by atoms with E-state index >= 15 is 0 Å². The van der Waals surface area contributed by atoms with Crippen LogP contribution >= 0.6 is 0 Å². The van der Waals surface area contributed by atoms with Crippen LogP contribution in [0, 0.1) is 13.8 Å². The second kappa shape index (κ2) is 8.33. The molecule has 1 amide bonds. The summed E-state index contributed by atoms with van der Waals surface area (Å²) in [5.41, 5.74) is 2.94. The first-order valence-corrected chi connectivity index (χ1v) is 7.72. The summed E-state index contributed by atoms with van der Waals surface area (Å²) in [7, 11) is 0. The standard InChI is InChI=1S/C17H23N3O3/c1-13-4-5-15(12-14(13)2)23-11-3-9-20-16(6-7-19-20)17(22)18-8-10-21/h4-7,12,21H,3,8-11H2,1-2H3,(H,18,22). The molecule has 1 heterocycles. The maximum Gasteiger partial charge on any atom is 0.269 e. The van der Waals surface area contributed by atoms with Crippen molar-refractivity contribution in [2.24, 2.45) is 0 Å². The second-order valence-electron chi connectivity index (χ2n) is 5.37. The molecule has 0 aliphatic heterocycles. The highest BCUT2D eigenvalue weighted by atomic mass is 16.5. The van der Waals surface area contributed by atoms with Gasteiger partial charge in [-0.1, -0.05) is 6.07 Å². The minimum absolute atomic E-state index is 0.0797. The largest absolute Gasteiger partial charge is 0.494 e. The number of aryl methyl sites for hydroxylation is 3. The highest BCUT2D eigenvalue weighted by Crippen LogP contribution is 2.16. The van der Waals surface area contributed by atoms with Crippen molar-refractivity contribution >= 4 is 5.91 Å². The third kappa shape index (κ3) is 4.82. The quantitative estimate of drug-likeness (QED) is 0.727. The Kier molecular flexibility index (Phi) is 6.17. The number of rotatable bonds is 8. The van der Waals surface area contributed by atoms with E-state index in [1.807, 2.05) is 18.2 Å². The molecule has 1 aromatic heterocycles. The molecule has 0 spiro atoms. The molecule has 0 atom stereocenters. The Bertz CT molecular complexity index is 652. The number of hydrogen-bond donors (Lipinski definition) is 2. The minimum Gasteiger partial charge on any atom is -0.494 e. The molecule has 2 rings (SSSR count). The normalized spacial score (nSPS) is 10.6. The maximum absolute atomic E-state index is 11.9. The minimum atomic E-state index is -0.230. The molecule has 0 saturated heterocycles. The molecule has 2 N–H and O–H groups in total. The van der Waals surface area contributed by atoms with E-state index in [9.17, 15) is 4.79 Å². The molecule has 0 unspecified atom stereocenters. The fourth-order valence-electron chi connectivity index (χ4n) is 2.17. The van der Waals surface area contributed by atoms with Crippen molar-refractivity contribution in [3.8, 4) is 5.75 Å². The lowest BCUT2D eigenvalue weighted by atomic mass is 10.1. The Labute approximate surface area is 136 Å². The van der Waals surface area contributed by atoms with Crippen LogP contribution in [0.2, 0.25) is 0 Å². The number of nitrogens with zero attached hydrogens (tertiary/aromatic N) is 2. The Morgan fingerprint density at radius 2 is 2.13 bits per heavy atom. The Hall–Kier alpha value is -2.34. The molecule has 0 radical (unpaired) electrons. The monoisotopic (exact) mass is 317 g/mol. The topological polar surface area (TPSA) is 76.4 Å². The molecular weight excluding hydrogens is 294 g/mol. The predicted molar refractivity (Wildman–Crippen MR) is 87.7 cm³/mol. The molecule has 0 aliphatic carbocycles. The number of benzene rings is 1. The summed E-state index contributed by atoms with van der Waals surface area (Å²) in [6, 6.07) is 7.69. The molecular formula is C17H23N3O3. The summed E-state index contributed by atoms with van der Waals surface area (Å²) in [5, 5.41) is 15.5. The van der Waals surface area contributed by atoms with Crippen molar-refractivity contribution in [1.29, 1.82) is 0 Å². The van der Waals surface area contributed by atoms with Crippen molar-refractivity contribution in [3.05, 3.63) is 47.3 Å². The lowest BCUT2D eigenvalue weighted by Gasteiger charge is -2.10. The van der Waals surface area contributed by atoms with E-state index in [-0.39, 0.29) is 19.1 Å². The van der Waals surface area contributed by atoms with Crippen LogP contribution in [0.4, 0.5) is 0 Å². The van der Waals surface area contributed by atoms with Gasteiger partial charge in [0.15, 0.2) is 0 Å². The molecule has 0 bridgehead atoms. The van der Waals surface area contributed by atoms with E-state index in [1.165, 1.54) is 11.1 Å².